The van der Waals surface area contributed by atoms with E-state index in [1.807, 2.05) is 4.90 Å². The monoisotopic (exact) mass is 427 g/mol. The van der Waals surface area contributed by atoms with Crippen molar-refractivity contribution in [2.24, 2.45) is 0 Å². The van der Waals surface area contributed by atoms with Crippen LogP contribution in [-0.2, 0) is 4.79 Å². The van der Waals surface area contributed by atoms with Crippen LogP contribution in [0.5, 0.6) is 5.75 Å². The van der Waals surface area contributed by atoms with Gasteiger partial charge in [0.1, 0.15) is 17.3 Å². The smallest absolute Gasteiger partial charge is 0.295 e. The minimum atomic E-state index is -0.385. The van der Waals surface area contributed by atoms with Crippen LogP contribution in [0.15, 0.2) is 34.4 Å². The van der Waals surface area contributed by atoms with Gasteiger partial charge in [-0.25, -0.2) is 0 Å². The summed E-state index contributed by atoms with van der Waals surface area (Å²) in [5.74, 6) is 0.610. The molecule has 0 unspecified atom stereocenters. The highest BCUT2D eigenvalue weighted by atomic mass is 32.1. The lowest BCUT2D eigenvalue weighted by atomic mass is 10.1. The predicted octanol–water partition coefficient (Wildman–Crippen LogP) is 2.10. The zero-order chi connectivity index (χ0) is 21.1. The van der Waals surface area contributed by atoms with Gasteiger partial charge in [-0.3, -0.25) is 14.4 Å². The van der Waals surface area contributed by atoms with Gasteiger partial charge in [-0.05, 0) is 50.5 Å². The Hall–Kier alpha value is -3.27. The molecule has 3 aromatic rings. The van der Waals surface area contributed by atoms with Gasteiger partial charge in [0, 0.05) is 24.0 Å². The van der Waals surface area contributed by atoms with Crippen molar-refractivity contribution >= 4 is 33.9 Å². The van der Waals surface area contributed by atoms with Crippen LogP contribution in [0.25, 0.3) is 4.96 Å². The van der Waals surface area contributed by atoms with E-state index in [9.17, 15) is 14.4 Å². The Morgan fingerprint density at radius 1 is 1.17 bits per heavy atom. The van der Waals surface area contributed by atoms with E-state index in [1.54, 1.807) is 36.6 Å². The van der Waals surface area contributed by atoms with Gasteiger partial charge in [0.15, 0.2) is 6.61 Å². The average Bonchev–Trinajstić information content (AvgIpc) is 3.14. The lowest BCUT2D eigenvalue weighted by molar-refractivity contribution is -0.134. The predicted molar refractivity (Wildman–Crippen MR) is 112 cm³/mol. The number of anilines is 1. The molecule has 9 nitrogen and oxygen atoms in total. The third-order valence-electron chi connectivity index (χ3n) is 4.87. The van der Waals surface area contributed by atoms with Gasteiger partial charge >= 0.3 is 0 Å². The largest absolute Gasteiger partial charge is 0.484 e. The quantitative estimate of drug-likeness (QED) is 0.668. The average molecular weight is 427 g/mol. The molecule has 0 bridgehead atoms. The lowest BCUT2D eigenvalue weighted by Gasteiger charge is -2.26. The first-order valence-corrected chi connectivity index (χ1v) is 10.6. The fourth-order valence-electron chi connectivity index (χ4n) is 3.20. The first-order valence-electron chi connectivity index (χ1n) is 9.68. The summed E-state index contributed by atoms with van der Waals surface area (Å²) in [5.41, 5.74) is 0.292. The van der Waals surface area contributed by atoms with Gasteiger partial charge in [-0.2, -0.15) is 14.6 Å². The number of hydrogen-bond acceptors (Lipinski definition) is 7. The summed E-state index contributed by atoms with van der Waals surface area (Å²) >= 11 is 1.22. The minimum absolute atomic E-state index is 0.0111. The van der Waals surface area contributed by atoms with Crippen molar-refractivity contribution in [3.05, 3.63) is 51.3 Å². The number of nitrogens with zero attached hydrogens (tertiary/aromatic N) is 4. The Kier molecular flexibility index (Phi) is 5.75. The van der Waals surface area contributed by atoms with E-state index in [4.69, 9.17) is 4.74 Å². The number of rotatable bonds is 5. The number of thiazole rings is 1. The maximum Gasteiger partial charge on any atom is 0.295 e. The second-order valence-corrected chi connectivity index (χ2v) is 7.86. The molecule has 30 heavy (non-hydrogen) atoms. The Balaban J connectivity index is 1.38. The maximum absolute atomic E-state index is 12.6. The molecule has 4 rings (SSSR count). The standard InChI is InChI=1S/C20H21N5O4S/c1-13-18(27)22-20-25(23-13)16(12-30-20)21-19(28)14-5-7-15(8-6-14)29-11-17(26)24-9-3-2-4-10-24/h5-8,12H,2-4,9-11H2,1H3,(H,21,28). The number of carbonyl (C=O) groups is 2. The molecular weight excluding hydrogens is 406 g/mol. The molecule has 1 fully saturated rings. The van der Waals surface area contributed by atoms with E-state index >= 15 is 0 Å². The third-order valence-corrected chi connectivity index (χ3v) is 5.69. The van der Waals surface area contributed by atoms with E-state index in [0.29, 0.717) is 22.1 Å². The number of likely N-dealkylation sites (tertiary alicyclic amines) is 1. The van der Waals surface area contributed by atoms with Crippen LogP contribution >= 0.6 is 11.3 Å². The number of aromatic nitrogens is 3. The van der Waals surface area contributed by atoms with Crippen LogP contribution < -0.4 is 15.6 Å². The van der Waals surface area contributed by atoms with Crippen LogP contribution in [0.1, 0.15) is 35.3 Å². The fraction of sp³-hybridized carbons (Fsp3) is 0.350. The molecule has 156 valence electrons. The Morgan fingerprint density at radius 2 is 1.90 bits per heavy atom. The normalized spacial score (nSPS) is 14.0. The highest BCUT2D eigenvalue weighted by Gasteiger charge is 2.17. The summed E-state index contributed by atoms with van der Waals surface area (Å²) < 4.78 is 7.00. The van der Waals surface area contributed by atoms with Crippen LogP contribution in [0, 0.1) is 6.92 Å². The van der Waals surface area contributed by atoms with Gasteiger partial charge in [-0.1, -0.05) is 0 Å². The molecule has 1 aliphatic heterocycles. The Bertz CT molecular complexity index is 1130. The Morgan fingerprint density at radius 3 is 2.63 bits per heavy atom. The molecule has 0 aliphatic carbocycles. The van der Waals surface area contributed by atoms with Gasteiger partial charge < -0.3 is 15.0 Å². The number of ether oxygens (including phenoxy) is 1. The van der Waals surface area contributed by atoms with E-state index in [0.717, 1.165) is 25.9 Å². The van der Waals surface area contributed by atoms with Crippen LogP contribution in [0.2, 0.25) is 0 Å². The summed E-state index contributed by atoms with van der Waals surface area (Å²) in [6.45, 7) is 3.13. The molecule has 2 aromatic heterocycles. The zero-order valence-electron chi connectivity index (χ0n) is 16.5. The topological polar surface area (TPSA) is 106 Å². The van der Waals surface area contributed by atoms with Crippen molar-refractivity contribution in [2.45, 2.75) is 26.2 Å². The Labute approximate surface area is 176 Å². The lowest BCUT2D eigenvalue weighted by Crippen LogP contribution is -2.38. The summed E-state index contributed by atoms with van der Waals surface area (Å²) in [5, 5.41) is 8.60. The fourth-order valence-corrected chi connectivity index (χ4v) is 3.95. The molecule has 0 atom stereocenters. The molecule has 0 spiro atoms. The molecule has 1 N–H and O–H groups in total. The van der Waals surface area contributed by atoms with Crippen LogP contribution in [-0.4, -0.2) is 51.0 Å². The molecule has 10 heteroatoms. The highest BCUT2D eigenvalue weighted by molar-refractivity contribution is 7.15. The van der Waals surface area contributed by atoms with Gasteiger partial charge in [-0.15, -0.1) is 11.3 Å². The van der Waals surface area contributed by atoms with E-state index < -0.39 is 0 Å². The van der Waals surface area contributed by atoms with Crippen molar-refractivity contribution in [3.8, 4) is 5.75 Å². The number of fused-ring (bicyclic) bond motifs is 1. The second-order valence-electron chi connectivity index (χ2n) is 7.03. The number of piperidine rings is 1. The van der Waals surface area contributed by atoms with Crippen LogP contribution in [0.3, 0.4) is 0 Å². The zero-order valence-corrected chi connectivity index (χ0v) is 17.3. The highest BCUT2D eigenvalue weighted by Crippen LogP contribution is 2.19. The molecule has 2 amide bonds. The molecule has 0 radical (unpaired) electrons. The van der Waals surface area contributed by atoms with E-state index in [2.05, 4.69) is 15.4 Å². The number of nitrogens with one attached hydrogen (secondary N) is 1. The molecule has 1 saturated heterocycles. The van der Waals surface area contributed by atoms with Crippen molar-refractivity contribution in [1.82, 2.24) is 19.5 Å². The van der Waals surface area contributed by atoms with E-state index in [-0.39, 0.29) is 29.7 Å². The van der Waals surface area contributed by atoms with E-state index in [1.165, 1.54) is 22.3 Å². The number of hydrogen-bond donors (Lipinski definition) is 1. The van der Waals surface area contributed by atoms with Gasteiger partial charge in [0.25, 0.3) is 17.4 Å². The summed E-state index contributed by atoms with van der Waals surface area (Å²) in [7, 11) is 0. The molecule has 1 aliphatic rings. The first kappa shape index (κ1) is 20.0. The molecular formula is C20H21N5O4S. The minimum Gasteiger partial charge on any atom is -0.484 e. The first-order chi connectivity index (χ1) is 14.5. The number of benzene rings is 1. The van der Waals surface area contributed by atoms with Crippen molar-refractivity contribution in [1.29, 1.82) is 0 Å². The van der Waals surface area contributed by atoms with Crippen molar-refractivity contribution in [3.63, 3.8) is 0 Å². The number of amides is 2. The number of carbonyl (C=O) groups excluding carboxylic acids is 2. The summed E-state index contributed by atoms with van der Waals surface area (Å²) in [6.07, 6.45) is 3.24. The SMILES string of the molecule is Cc1nn2c(NC(=O)c3ccc(OCC(=O)N4CCCCC4)cc3)csc2nc1=O. The maximum atomic E-state index is 12.6. The second kappa shape index (κ2) is 8.62. The van der Waals surface area contributed by atoms with Gasteiger partial charge in [0.2, 0.25) is 4.96 Å². The molecule has 0 saturated carbocycles. The summed E-state index contributed by atoms with van der Waals surface area (Å²) in [6, 6.07) is 6.57. The third kappa shape index (κ3) is 4.33. The molecule has 1 aromatic carbocycles. The number of aryl methyl sites for hydroxylation is 1. The van der Waals surface area contributed by atoms with Crippen molar-refractivity contribution in [2.75, 3.05) is 25.0 Å². The van der Waals surface area contributed by atoms with Crippen molar-refractivity contribution < 1.29 is 14.3 Å². The van der Waals surface area contributed by atoms with Gasteiger partial charge in [0.05, 0.1) is 0 Å². The molecule has 3 heterocycles. The van der Waals surface area contributed by atoms with Crippen LogP contribution in [0.4, 0.5) is 5.82 Å². The summed E-state index contributed by atoms with van der Waals surface area (Å²) in [4.78, 5) is 42.5.